The Labute approximate surface area is 144 Å². The van der Waals surface area contributed by atoms with Gasteiger partial charge in [0.15, 0.2) is 18.1 Å². The van der Waals surface area contributed by atoms with Crippen LogP contribution in [0.25, 0.3) is 0 Å². The third kappa shape index (κ3) is 4.72. The van der Waals surface area contributed by atoms with E-state index in [1.165, 1.54) is 26.4 Å². The van der Waals surface area contributed by atoms with E-state index in [2.05, 4.69) is 5.32 Å². The van der Waals surface area contributed by atoms with Crippen molar-refractivity contribution >= 4 is 17.6 Å². The molecule has 128 valence electrons. The van der Waals surface area contributed by atoms with Crippen molar-refractivity contribution in [2.45, 2.75) is 0 Å². The SMILES string of the molecule is COc1ccc(C(=O)OCC(=O)Nc2ccc(C#N)cc2)cc1OC. The molecule has 1 N–H and O–H groups in total. The van der Waals surface area contributed by atoms with E-state index in [4.69, 9.17) is 19.5 Å². The Morgan fingerprint density at radius 2 is 1.72 bits per heavy atom. The Kier molecular flexibility index (Phi) is 5.96. The lowest BCUT2D eigenvalue weighted by Crippen LogP contribution is -2.20. The molecule has 0 heterocycles. The average molecular weight is 340 g/mol. The molecule has 0 aliphatic rings. The second-order valence-electron chi connectivity index (χ2n) is 4.88. The summed E-state index contributed by atoms with van der Waals surface area (Å²) in [7, 11) is 2.95. The van der Waals surface area contributed by atoms with Crippen LogP contribution < -0.4 is 14.8 Å². The molecule has 0 bridgehead atoms. The third-order valence-electron chi connectivity index (χ3n) is 3.25. The Bertz CT molecular complexity index is 809. The second kappa shape index (κ2) is 8.36. The summed E-state index contributed by atoms with van der Waals surface area (Å²) < 4.78 is 15.2. The van der Waals surface area contributed by atoms with Crippen molar-refractivity contribution in [1.29, 1.82) is 5.26 Å². The van der Waals surface area contributed by atoms with E-state index in [0.717, 1.165) is 0 Å². The van der Waals surface area contributed by atoms with Gasteiger partial charge in [-0.25, -0.2) is 4.79 Å². The smallest absolute Gasteiger partial charge is 0.338 e. The Balaban J connectivity index is 1.92. The van der Waals surface area contributed by atoms with Gasteiger partial charge >= 0.3 is 5.97 Å². The van der Waals surface area contributed by atoms with Crippen molar-refractivity contribution in [2.24, 2.45) is 0 Å². The topological polar surface area (TPSA) is 97.6 Å². The summed E-state index contributed by atoms with van der Waals surface area (Å²) in [5.41, 5.74) is 1.23. The lowest BCUT2D eigenvalue weighted by atomic mass is 10.2. The predicted octanol–water partition coefficient (Wildman–Crippen LogP) is 2.37. The van der Waals surface area contributed by atoms with E-state index in [-0.39, 0.29) is 5.56 Å². The van der Waals surface area contributed by atoms with Gasteiger partial charge in [0, 0.05) is 5.69 Å². The van der Waals surface area contributed by atoms with Gasteiger partial charge in [-0.3, -0.25) is 4.79 Å². The first-order valence-electron chi connectivity index (χ1n) is 7.26. The van der Waals surface area contributed by atoms with Crippen LogP contribution in [-0.2, 0) is 9.53 Å². The van der Waals surface area contributed by atoms with E-state index in [9.17, 15) is 9.59 Å². The minimum Gasteiger partial charge on any atom is -0.493 e. The van der Waals surface area contributed by atoms with Crippen molar-refractivity contribution in [2.75, 3.05) is 26.1 Å². The van der Waals surface area contributed by atoms with E-state index in [1.807, 2.05) is 6.07 Å². The number of ether oxygens (including phenoxy) is 3. The molecule has 0 spiro atoms. The summed E-state index contributed by atoms with van der Waals surface area (Å²) in [5, 5.41) is 11.3. The van der Waals surface area contributed by atoms with Gasteiger partial charge in [-0.2, -0.15) is 5.26 Å². The third-order valence-corrected chi connectivity index (χ3v) is 3.25. The molecule has 25 heavy (non-hydrogen) atoms. The van der Waals surface area contributed by atoms with Gasteiger partial charge in [-0.1, -0.05) is 0 Å². The minimum absolute atomic E-state index is 0.240. The van der Waals surface area contributed by atoms with Crippen LogP contribution in [0.15, 0.2) is 42.5 Å². The molecule has 7 nitrogen and oxygen atoms in total. The number of anilines is 1. The first kappa shape index (κ1) is 17.8. The zero-order chi connectivity index (χ0) is 18.2. The maximum atomic E-state index is 12.0. The van der Waals surface area contributed by atoms with Crippen LogP contribution in [0, 0.1) is 11.3 Å². The maximum Gasteiger partial charge on any atom is 0.338 e. The van der Waals surface area contributed by atoms with E-state index in [0.29, 0.717) is 22.7 Å². The molecule has 0 aliphatic carbocycles. The van der Waals surface area contributed by atoms with Crippen LogP contribution in [0.2, 0.25) is 0 Å². The first-order valence-corrected chi connectivity index (χ1v) is 7.26. The molecule has 0 saturated carbocycles. The van der Waals surface area contributed by atoms with Crippen molar-refractivity contribution < 1.29 is 23.8 Å². The highest BCUT2D eigenvalue weighted by atomic mass is 16.5. The van der Waals surface area contributed by atoms with Gasteiger partial charge in [0.2, 0.25) is 0 Å². The molecule has 0 aromatic heterocycles. The average Bonchev–Trinajstić information content (AvgIpc) is 2.66. The number of rotatable bonds is 6. The van der Waals surface area contributed by atoms with Gasteiger partial charge < -0.3 is 19.5 Å². The molecule has 2 aromatic carbocycles. The van der Waals surface area contributed by atoms with Crippen LogP contribution in [0.3, 0.4) is 0 Å². The molecule has 0 atom stereocenters. The van der Waals surface area contributed by atoms with Crippen molar-refractivity contribution in [1.82, 2.24) is 0 Å². The zero-order valence-corrected chi connectivity index (χ0v) is 13.7. The fourth-order valence-corrected chi connectivity index (χ4v) is 2.00. The molecule has 2 rings (SSSR count). The normalized spacial score (nSPS) is 9.64. The van der Waals surface area contributed by atoms with Crippen LogP contribution in [-0.4, -0.2) is 32.7 Å². The standard InChI is InChI=1S/C18H16N2O5/c1-23-15-8-5-13(9-16(15)24-2)18(22)25-11-17(21)20-14-6-3-12(10-19)4-7-14/h3-9H,11H2,1-2H3,(H,20,21). The maximum absolute atomic E-state index is 12.0. The number of hydrogen-bond acceptors (Lipinski definition) is 6. The van der Waals surface area contributed by atoms with Crippen LogP contribution in [0.1, 0.15) is 15.9 Å². The molecule has 0 saturated heterocycles. The lowest BCUT2D eigenvalue weighted by molar-refractivity contribution is -0.119. The fourth-order valence-electron chi connectivity index (χ4n) is 2.00. The van der Waals surface area contributed by atoms with Crippen molar-refractivity contribution in [3.63, 3.8) is 0 Å². The predicted molar refractivity (Wildman–Crippen MR) is 89.6 cm³/mol. The summed E-state index contributed by atoms with van der Waals surface area (Å²) in [4.78, 5) is 23.8. The summed E-state index contributed by atoms with van der Waals surface area (Å²) >= 11 is 0. The summed E-state index contributed by atoms with van der Waals surface area (Å²) in [6.45, 7) is -0.437. The van der Waals surface area contributed by atoms with Gasteiger partial charge in [0.05, 0.1) is 31.4 Å². The minimum atomic E-state index is -0.657. The molecule has 1 amide bonds. The number of nitriles is 1. The molecule has 0 radical (unpaired) electrons. The van der Waals surface area contributed by atoms with Gasteiger partial charge in [0.1, 0.15) is 0 Å². The van der Waals surface area contributed by atoms with E-state index in [1.54, 1.807) is 30.3 Å². The Morgan fingerprint density at radius 3 is 2.32 bits per heavy atom. The summed E-state index contributed by atoms with van der Waals surface area (Å²) in [5.74, 6) is -0.272. The number of benzene rings is 2. The number of carbonyl (C=O) groups is 2. The van der Waals surface area contributed by atoms with Crippen LogP contribution in [0.4, 0.5) is 5.69 Å². The number of carbonyl (C=O) groups excluding carboxylic acids is 2. The summed E-state index contributed by atoms with van der Waals surface area (Å²) in [6.07, 6.45) is 0. The number of nitrogens with one attached hydrogen (secondary N) is 1. The molecule has 2 aromatic rings. The number of amides is 1. The lowest BCUT2D eigenvalue weighted by Gasteiger charge is -2.10. The number of nitrogens with zero attached hydrogens (tertiary/aromatic N) is 1. The summed E-state index contributed by atoms with van der Waals surface area (Å²) in [6, 6.07) is 12.9. The van der Waals surface area contributed by atoms with E-state index >= 15 is 0 Å². The largest absolute Gasteiger partial charge is 0.493 e. The van der Waals surface area contributed by atoms with Gasteiger partial charge in [0.25, 0.3) is 5.91 Å². The van der Waals surface area contributed by atoms with Crippen LogP contribution in [0.5, 0.6) is 11.5 Å². The monoisotopic (exact) mass is 340 g/mol. The first-order chi connectivity index (χ1) is 12.1. The quantitative estimate of drug-likeness (QED) is 0.811. The Morgan fingerprint density at radius 1 is 1.04 bits per heavy atom. The van der Waals surface area contributed by atoms with Crippen molar-refractivity contribution in [3.05, 3.63) is 53.6 Å². The number of esters is 1. The molecule has 0 fully saturated rings. The van der Waals surface area contributed by atoms with Gasteiger partial charge in [-0.05, 0) is 42.5 Å². The number of methoxy groups -OCH3 is 2. The number of hydrogen-bond donors (Lipinski definition) is 1. The van der Waals surface area contributed by atoms with E-state index < -0.39 is 18.5 Å². The van der Waals surface area contributed by atoms with Crippen LogP contribution >= 0.6 is 0 Å². The molecule has 0 unspecified atom stereocenters. The molecular formula is C18H16N2O5. The molecular weight excluding hydrogens is 324 g/mol. The Hall–Kier alpha value is -3.53. The molecule has 0 aliphatic heterocycles. The second-order valence-corrected chi connectivity index (χ2v) is 4.88. The van der Waals surface area contributed by atoms with Gasteiger partial charge in [-0.15, -0.1) is 0 Å². The highest BCUT2D eigenvalue weighted by Gasteiger charge is 2.13. The van der Waals surface area contributed by atoms with Crippen molar-refractivity contribution in [3.8, 4) is 17.6 Å². The highest BCUT2D eigenvalue weighted by molar-refractivity contribution is 5.95. The molecule has 7 heteroatoms. The fraction of sp³-hybridized carbons (Fsp3) is 0.167. The highest BCUT2D eigenvalue weighted by Crippen LogP contribution is 2.27. The zero-order valence-electron chi connectivity index (χ0n) is 13.7.